The summed E-state index contributed by atoms with van der Waals surface area (Å²) in [6.45, 7) is 2.16. The zero-order valence-electron chi connectivity index (χ0n) is 14.7. The van der Waals surface area contributed by atoms with Gasteiger partial charge in [0.25, 0.3) is 5.91 Å². The van der Waals surface area contributed by atoms with E-state index in [4.69, 9.17) is 0 Å². The Morgan fingerprint density at radius 3 is 2.19 bits per heavy atom. The lowest BCUT2D eigenvalue weighted by molar-refractivity contribution is 0.0909. The highest BCUT2D eigenvalue weighted by molar-refractivity contribution is 6.28. The van der Waals surface area contributed by atoms with Crippen molar-refractivity contribution in [3.8, 4) is 0 Å². The Morgan fingerprint density at radius 1 is 0.885 bits per heavy atom. The van der Waals surface area contributed by atoms with Crippen molar-refractivity contribution in [2.24, 2.45) is 5.92 Å². The molecule has 1 fully saturated rings. The molecule has 132 valence electrons. The van der Waals surface area contributed by atoms with Gasteiger partial charge in [-0.2, -0.15) is 0 Å². The predicted octanol–water partition coefficient (Wildman–Crippen LogP) is 3.77. The molecular formula is C22H21NO3. The van der Waals surface area contributed by atoms with Gasteiger partial charge < -0.3 is 5.32 Å². The van der Waals surface area contributed by atoms with Crippen LogP contribution in [0.15, 0.2) is 42.5 Å². The van der Waals surface area contributed by atoms with Crippen LogP contribution < -0.4 is 5.32 Å². The first-order chi connectivity index (χ1) is 12.6. The van der Waals surface area contributed by atoms with Gasteiger partial charge in [0.1, 0.15) is 0 Å². The molecule has 4 heteroatoms. The highest BCUT2D eigenvalue weighted by Crippen LogP contribution is 2.28. The van der Waals surface area contributed by atoms with E-state index >= 15 is 0 Å². The number of carbonyl (C=O) groups excluding carboxylic acids is 3. The maximum Gasteiger partial charge on any atom is 0.251 e. The van der Waals surface area contributed by atoms with E-state index in [9.17, 15) is 14.4 Å². The number of benzene rings is 2. The summed E-state index contributed by atoms with van der Waals surface area (Å²) in [5.41, 5.74) is 1.96. The molecular weight excluding hydrogens is 326 g/mol. The minimum atomic E-state index is -0.198. The molecule has 0 heterocycles. The number of hydrogen-bond acceptors (Lipinski definition) is 3. The molecule has 2 aromatic rings. The third-order valence-corrected chi connectivity index (χ3v) is 5.62. The maximum atomic E-state index is 12.8. The van der Waals surface area contributed by atoms with Crippen LogP contribution in [0.3, 0.4) is 0 Å². The molecule has 4 nitrogen and oxygen atoms in total. The lowest BCUT2D eigenvalue weighted by Gasteiger charge is -2.29. The normalized spacial score (nSPS) is 21.7. The van der Waals surface area contributed by atoms with Crippen molar-refractivity contribution in [3.63, 3.8) is 0 Å². The van der Waals surface area contributed by atoms with E-state index in [1.165, 1.54) is 6.42 Å². The van der Waals surface area contributed by atoms with Gasteiger partial charge >= 0.3 is 0 Å². The molecule has 1 amide bonds. The quantitative estimate of drug-likeness (QED) is 0.767. The SMILES string of the molecule is C[C@@H]1CCCC[C@H]1NC(=O)c1ccc2c(c1)C(=O)c1ccccc1C2=O. The van der Waals surface area contributed by atoms with Gasteiger partial charge in [-0.25, -0.2) is 0 Å². The Balaban J connectivity index is 1.64. The smallest absolute Gasteiger partial charge is 0.251 e. The molecule has 2 aromatic carbocycles. The van der Waals surface area contributed by atoms with Crippen molar-refractivity contribution in [3.05, 3.63) is 70.3 Å². The first-order valence-corrected chi connectivity index (χ1v) is 9.19. The summed E-state index contributed by atoms with van der Waals surface area (Å²) < 4.78 is 0. The zero-order chi connectivity index (χ0) is 18.3. The third kappa shape index (κ3) is 2.75. The van der Waals surface area contributed by atoms with E-state index in [0.717, 1.165) is 19.3 Å². The average molecular weight is 347 g/mol. The standard InChI is InChI=1S/C22H21NO3/c1-13-6-2-5-9-19(13)23-22(26)14-10-11-17-18(12-14)21(25)16-8-4-3-7-15(16)20(17)24/h3-4,7-8,10-13,19H,2,5-6,9H2,1H3,(H,23,26)/t13-,19-/m1/s1. The van der Waals surface area contributed by atoms with Gasteiger partial charge in [-0.05, 0) is 37.0 Å². The van der Waals surface area contributed by atoms with Crippen molar-refractivity contribution in [2.75, 3.05) is 0 Å². The van der Waals surface area contributed by atoms with Gasteiger partial charge in [-0.15, -0.1) is 0 Å². The molecule has 2 atom stereocenters. The Labute approximate surface area is 152 Å². The van der Waals surface area contributed by atoms with E-state index in [1.54, 1.807) is 42.5 Å². The summed E-state index contributed by atoms with van der Waals surface area (Å²) in [5, 5.41) is 3.10. The monoisotopic (exact) mass is 347 g/mol. The Bertz CT molecular complexity index is 915. The Kier molecular flexibility index (Phi) is 4.19. The number of hydrogen-bond donors (Lipinski definition) is 1. The van der Waals surface area contributed by atoms with Crippen LogP contribution in [-0.4, -0.2) is 23.5 Å². The van der Waals surface area contributed by atoms with Gasteiger partial charge in [0.15, 0.2) is 11.6 Å². The third-order valence-electron chi connectivity index (χ3n) is 5.62. The van der Waals surface area contributed by atoms with Crippen LogP contribution in [0, 0.1) is 5.92 Å². The molecule has 0 bridgehead atoms. The molecule has 2 aliphatic rings. The highest BCUT2D eigenvalue weighted by Gasteiger charge is 2.30. The van der Waals surface area contributed by atoms with Crippen molar-refractivity contribution >= 4 is 17.5 Å². The first-order valence-electron chi connectivity index (χ1n) is 9.19. The molecule has 2 aliphatic carbocycles. The zero-order valence-corrected chi connectivity index (χ0v) is 14.7. The number of rotatable bonds is 2. The molecule has 0 aromatic heterocycles. The van der Waals surface area contributed by atoms with Crippen LogP contribution in [0.2, 0.25) is 0 Å². The summed E-state index contributed by atoms with van der Waals surface area (Å²) in [6.07, 6.45) is 4.45. The second-order valence-electron chi connectivity index (χ2n) is 7.31. The summed E-state index contributed by atoms with van der Waals surface area (Å²) in [6, 6.07) is 11.8. The molecule has 1 saturated carbocycles. The fraction of sp³-hybridized carbons (Fsp3) is 0.318. The van der Waals surface area contributed by atoms with Gasteiger partial charge in [-0.3, -0.25) is 14.4 Å². The molecule has 0 saturated heterocycles. The minimum Gasteiger partial charge on any atom is -0.349 e. The topological polar surface area (TPSA) is 63.2 Å². The van der Waals surface area contributed by atoms with Crippen LogP contribution in [0.5, 0.6) is 0 Å². The van der Waals surface area contributed by atoms with E-state index in [0.29, 0.717) is 33.7 Å². The molecule has 0 spiro atoms. The van der Waals surface area contributed by atoms with Crippen molar-refractivity contribution in [2.45, 2.75) is 38.6 Å². The molecule has 4 rings (SSSR count). The van der Waals surface area contributed by atoms with Crippen molar-refractivity contribution < 1.29 is 14.4 Å². The van der Waals surface area contributed by atoms with Crippen LogP contribution in [0.1, 0.15) is 74.8 Å². The van der Waals surface area contributed by atoms with E-state index in [2.05, 4.69) is 12.2 Å². The van der Waals surface area contributed by atoms with Crippen LogP contribution in [0.4, 0.5) is 0 Å². The van der Waals surface area contributed by atoms with Gasteiger partial charge in [0.2, 0.25) is 0 Å². The lowest BCUT2D eigenvalue weighted by Crippen LogP contribution is -2.41. The van der Waals surface area contributed by atoms with E-state index in [-0.39, 0.29) is 23.5 Å². The second kappa shape index (κ2) is 6.52. The van der Waals surface area contributed by atoms with Crippen LogP contribution >= 0.6 is 0 Å². The maximum absolute atomic E-state index is 12.8. The highest BCUT2D eigenvalue weighted by atomic mass is 16.2. The Morgan fingerprint density at radius 2 is 1.50 bits per heavy atom. The average Bonchev–Trinajstić information content (AvgIpc) is 2.67. The minimum absolute atomic E-state index is 0.164. The molecule has 0 unspecified atom stereocenters. The summed E-state index contributed by atoms with van der Waals surface area (Å²) in [7, 11) is 0. The number of carbonyl (C=O) groups is 3. The van der Waals surface area contributed by atoms with E-state index < -0.39 is 0 Å². The summed E-state index contributed by atoms with van der Waals surface area (Å²) >= 11 is 0. The van der Waals surface area contributed by atoms with E-state index in [1.807, 2.05) is 0 Å². The Hall–Kier alpha value is -2.75. The van der Waals surface area contributed by atoms with Crippen LogP contribution in [0.25, 0.3) is 0 Å². The lowest BCUT2D eigenvalue weighted by atomic mass is 9.83. The summed E-state index contributed by atoms with van der Waals surface area (Å²) in [4.78, 5) is 38.1. The van der Waals surface area contributed by atoms with Crippen molar-refractivity contribution in [1.82, 2.24) is 5.32 Å². The molecule has 1 N–H and O–H groups in total. The number of fused-ring (bicyclic) bond motifs is 2. The largest absolute Gasteiger partial charge is 0.349 e. The fourth-order valence-corrected chi connectivity index (χ4v) is 4.02. The van der Waals surface area contributed by atoms with Gasteiger partial charge in [0.05, 0.1) is 0 Å². The molecule has 0 aliphatic heterocycles. The van der Waals surface area contributed by atoms with Crippen molar-refractivity contribution in [1.29, 1.82) is 0 Å². The molecule has 0 radical (unpaired) electrons. The summed E-state index contributed by atoms with van der Waals surface area (Å²) in [5.74, 6) is -0.0787. The number of nitrogens with one attached hydrogen (secondary N) is 1. The van der Waals surface area contributed by atoms with Gasteiger partial charge in [0, 0.05) is 33.9 Å². The molecule has 26 heavy (non-hydrogen) atoms. The first kappa shape index (κ1) is 16.7. The van der Waals surface area contributed by atoms with Gasteiger partial charge in [-0.1, -0.05) is 44.0 Å². The predicted molar refractivity (Wildman–Crippen MR) is 98.6 cm³/mol. The fourth-order valence-electron chi connectivity index (χ4n) is 4.02. The number of amides is 1. The second-order valence-corrected chi connectivity index (χ2v) is 7.31. The van der Waals surface area contributed by atoms with Crippen LogP contribution in [-0.2, 0) is 0 Å². The number of ketones is 2.